The SMILES string of the molecule is COc1cc(Cl)c(C)cc1Nc1cc(NCc2ccccn2)ncn1. The third kappa shape index (κ3) is 4.36. The Kier molecular flexibility index (Phi) is 5.30. The molecule has 0 aliphatic carbocycles. The number of nitrogens with zero attached hydrogens (tertiary/aromatic N) is 3. The van der Waals surface area contributed by atoms with Gasteiger partial charge in [-0.3, -0.25) is 4.98 Å². The van der Waals surface area contributed by atoms with Crippen LogP contribution in [0.15, 0.2) is 48.9 Å². The molecule has 2 aromatic heterocycles. The summed E-state index contributed by atoms with van der Waals surface area (Å²) in [6.07, 6.45) is 3.26. The highest BCUT2D eigenvalue weighted by Gasteiger charge is 2.08. The number of methoxy groups -OCH3 is 1. The van der Waals surface area contributed by atoms with Crippen molar-refractivity contribution in [1.82, 2.24) is 15.0 Å². The fraction of sp³-hybridized carbons (Fsp3) is 0.167. The molecule has 0 aliphatic heterocycles. The summed E-state index contributed by atoms with van der Waals surface area (Å²) >= 11 is 6.14. The van der Waals surface area contributed by atoms with Crippen molar-refractivity contribution in [2.75, 3.05) is 17.7 Å². The summed E-state index contributed by atoms with van der Waals surface area (Å²) in [6.45, 7) is 2.52. The molecule has 25 heavy (non-hydrogen) atoms. The standard InChI is InChI=1S/C18H18ClN5O/c1-12-7-15(16(25-2)8-14(12)19)24-18-9-17(22-11-23-18)21-10-13-5-3-4-6-20-13/h3-9,11H,10H2,1-2H3,(H2,21,22,23,24). The van der Waals surface area contributed by atoms with E-state index in [2.05, 4.69) is 25.6 Å². The fourth-order valence-electron chi connectivity index (χ4n) is 2.27. The predicted octanol–water partition coefficient (Wildman–Crippen LogP) is 4.20. The Morgan fingerprint density at radius 2 is 1.92 bits per heavy atom. The first-order chi connectivity index (χ1) is 12.2. The monoisotopic (exact) mass is 355 g/mol. The Morgan fingerprint density at radius 1 is 1.08 bits per heavy atom. The molecule has 0 aliphatic rings. The van der Waals surface area contributed by atoms with Crippen LogP contribution in [-0.2, 0) is 6.54 Å². The van der Waals surface area contributed by atoms with Crippen LogP contribution in [0.1, 0.15) is 11.3 Å². The normalized spacial score (nSPS) is 10.4. The largest absolute Gasteiger partial charge is 0.495 e. The highest BCUT2D eigenvalue weighted by atomic mass is 35.5. The van der Waals surface area contributed by atoms with E-state index in [9.17, 15) is 0 Å². The molecule has 0 amide bonds. The Hall–Kier alpha value is -2.86. The number of ether oxygens (including phenoxy) is 1. The van der Waals surface area contributed by atoms with Gasteiger partial charge in [-0.2, -0.15) is 0 Å². The zero-order chi connectivity index (χ0) is 17.6. The highest BCUT2D eigenvalue weighted by molar-refractivity contribution is 6.31. The molecule has 3 rings (SSSR count). The van der Waals surface area contributed by atoms with E-state index in [1.54, 1.807) is 19.4 Å². The predicted molar refractivity (Wildman–Crippen MR) is 99.6 cm³/mol. The van der Waals surface area contributed by atoms with Gasteiger partial charge in [-0.1, -0.05) is 17.7 Å². The molecule has 0 atom stereocenters. The first-order valence-electron chi connectivity index (χ1n) is 7.72. The lowest BCUT2D eigenvalue weighted by atomic mass is 10.2. The van der Waals surface area contributed by atoms with Crippen molar-refractivity contribution in [3.05, 3.63) is 65.2 Å². The third-order valence-electron chi connectivity index (χ3n) is 3.59. The summed E-state index contributed by atoms with van der Waals surface area (Å²) < 4.78 is 5.37. The number of benzene rings is 1. The number of hydrogen-bond acceptors (Lipinski definition) is 6. The Bertz CT molecular complexity index is 857. The number of hydrogen-bond donors (Lipinski definition) is 2. The molecule has 0 fully saturated rings. The van der Waals surface area contributed by atoms with Gasteiger partial charge in [-0.15, -0.1) is 0 Å². The number of nitrogens with one attached hydrogen (secondary N) is 2. The fourth-order valence-corrected chi connectivity index (χ4v) is 2.43. The summed E-state index contributed by atoms with van der Waals surface area (Å²) in [5.41, 5.74) is 2.68. The molecule has 0 unspecified atom stereocenters. The molecular formula is C18H18ClN5O. The van der Waals surface area contributed by atoms with Gasteiger partial charge < -0.3 is 15.4 Å². The summed E-state index contributed by atoms with van der Waals surface area (Å²) in [6, 6.07) is 11.3. The van der Waals surface area contributed by atoms with Gasteiger partial charge >= 0.3 is 0 Å². The quantitative estimate of drug-likeness (QED) is 0.690. The number of halogens is 1. The lowest BCUT2D eigenvalue weighted by Crippen LogP contribution is -2.04. The minimum absolute atomic E-state index is 0.584. The van der Waals surface area contributed by atoms with Crippen LogP contribution in [0, 0.1) is 6.92 Å². The van der Waals surface area contributed by atoms with Gasteiger partial charge in [0.15, 0.2) is 0 Å². The van der Waals surface area contributed by atoms with Gasteiger partial charge in [0, 0.05) is 23.4 Å². The van der Waals surface area contributed by atoms with Crippen LogP contribution in [0.4, 0.5) is 17.3 Å². The molecule has 2 heterocycles. The van der Waals surface area contributed by atoms with Gasteiger partial charge in [0.05, 0.1) is 25.0 Å². The van der Waals surface area contributed by atoms with Gasteiger partial charge in [-0.05, 0) is 30.7 Å². The molecule has 1 aromatic carbocycles. The Morgan fingerprint density at radius 3 is 2.68 bits per heavy atom. The molecular weight excluding hydrogens is 338 g/mol. The topological polar surface area (TPSA) is 72.0 Å². The average molecular weight is 356 g/mol. The van der Waals surface area contributed by atoms with E-state index in [1.807, 2.05) is 37.3 Å². The maximum atomic E-state index is 6.14. The maximum Gasteiger partial charge on any atom is 0.143 e. The van der Waals surface area contributed by atoms with E-state index in [-0.39, 0.29) is 0 Å². The van der Waals surface area contributed by atoms with E-state index in [1.165, 1.54) is 6.33 Å². The van der Waals surface area contributed by atoms with Crippen molar-refractivity contribution in [2.45, 2.75) is 13.5 Å². The van der Waals surface area contributed by atoms with Crippen LogP contribution in [0.2, 0.25) is 5.02 Å². The zero-order valence-electron chi connectivity index (χ0n) is 14.0. The summed E-state index contributed by atoms with van der Waals surface area (Å²) in [5.74, 6) is 2.00. The molecule has 6 nitrogen and oxygen atoms in total. The number of anilines is 3. The molecule has 0 saturated carbocycles. The molecule has 128 valence electrons. The molecule has 7 heteroatoms. The summed E-state index contributed by atoms with van der Waals surface area (Å²) in [5, 5.41) is 7.13. The third-order valence-corrected chi connectivity index (χ3v) is 3.99. The Labute approximate surface area is 151 Å². The number of aryl methyl sites for hydroxylation is 1. The van der Waals surface area contributed by atoms with Crippen molar-refractivity contribution in [3.63, 3.8) is 0 Å². The van der Waals surface area contributed by atoms with Gasteiger partial charge in [-0.25, -0.2) is 9.97 Å². The van der Waals surface area contributed by atoms with E-state index in [0.29, 0.717) is 29.0 Å². The molecule has 0 spiro atoms. The lowest BCUT2D eigenvalue weighted by molar-refractivity contribution is 0.416. The van der Waals surface area contributed by atoms with Crippen LogP contribution in [-0.4, -0.2) is 22.1 Å². The van der Waals surface area contributed by atoms with Crippen LogP contribution < -0.4 is 15.4 Å². The van der Waals surface area contributed by atoms with Crippen LogP contribution in [0.5, 0.6) is 5.75 Å². The molecule has 0 radical (unpaired) electrons. The van der Waals surface area contributed by atoms with E-state index in [4.69, 9.17) is 16.3 Å². The number of pyridine rings is 1. The highest BCUT2D eigenvalue weighted by Crippen LogP contribution is 2.32. The second-order valence-corrected chi connectivity index (χ2v) is 5.80. The number of rotatable bonds is 6. The zero-order valence-corrected chi connectivity index (χ0v) is 14.7. The summed E-state index contributed by atoms with van der Waals surface area (Å²) in [4.78, 5) is 12.8. The van der Waals surface area contributed by atoms with E-state index in [0.717, 1.165) is 16.9 Å². The number of aromatic nitrogens is 3. The van der Waals surface area contributed by atoms with Crippen molar-refractivity contribution in [1.29, 1.82) is 0 Å². The minimum Gasteiger partial charge on any atom is -0.495 e. The first kappa shape index (κ1) is 17.0. The maximum absolute atomic E-state index is 6.14. The van der Waals surface area contributed by atoms with Crippen LogP contribution in [0.3, 0.4) is 0 Å². The molecule has 0 bridgehead atoms. The van der Waals surface area contributed by atoms with Gasteiger partial charge in [0.25, 0.3) is 0 Å². The smallest absolute Gasteiger partial charge is 0.143 e. The second-order valence-electron chi connectivity index (χ2n) is 5.39. The van der Waals surface area contributed by atoms with Crippen LogP contribution in [0.25, 0.3) is 0 Å². The molecule has 2 N–H and O–H groups in total. The average Bonchev–Trinajstić information content (AvgIpc) is 2.64. The lowest BCUT2D eigenvalue weighted by Gasteiger charge is -2.13. The van der Waals surface area contributed by atoms with Crippen molar-refractivity contribution >= 4 is 28.9 Å². The minimum atomic E-state index is 0.584. The molecule has 0 saturated heterocycles. The second kappa shape index (κ2) is 7.81. The van der Waals surface area contributed by atoms with Gasteiger partial charge in [0.1, 0.15) is 23.7 Å². The van der Waals surface area contributed by atoms with E-state index < -0.39 is 0 Å². The van der Waals surface area contributed by atoms with Crippen molar-refractivity contribution in [2.24, 2.45) is 0 Å². The van der Waals surface area contributed by atoms with Crippen molar-refractivity contribution in [3.8, 4) is 5.75 Å². The van der Waals surface area contributed by atoms with Crippen LogP contribution >= 0.6 is 11.6 Å². The summed E-state index contributed by atoms with van der Waals surface area (Å²) in [7, 11) is 1.60. The van der Waals surface area contributed by atoms with Crippen molar-refractivity contribution < 1.29 is 4.74 Å². The van der Waals surface area contributed by atoms with Gasteiger partial charge in [0.2, 0.25) is 0 Å². The first-order valence-corrected chi connectivity index (χ1v) is 8.10. The molecule has 3 aromatic rings. The van der Waals surface area contributed by atoms with E-state index >= 15 is 0 Å². The Balaban J connectivity index is 1.75.